The van der Waals surface area contributed by atoms with Crippen molar-refractivity contribution in [1.82, 2.24) is 0 Å². The second kappa shape index (κ2) is 4.18. The summed E-state index contributed by atoms with van der Waals surface area (Å²) in [7, 11) is 0. The van der Waals surface area contributed by atoms with E-state index < -0.39 is 0 Å². The topological polar surface area (TPSA) is 27.0 Å². The second-order valence-electron chi connectivity index (χ2n) is 3.92. The maximum atomic E-state index is 8.71. The highest BCUT2D eigenvalue weighted by atomic mass is 15.1. The standard InChI is InChI=1S/C13H14N2/c1-11-3-2-8-15(10-11)13-6-4-12(9-14)5-7-13/h3-7H,2,8,10H2,1H3. The molecule has 1 aliphatic heterocycles. The van der Waals surface area contributed by atoms with Crippen molar-refractivity contribution in [3.05, 3.63) is 41.5 Å². The molecule has 1 aromatic carbocycles. The number of nitrogens with zero attached hydrogens (tertiary/aromatic N) is 2. The van der Waals surface area contributed by atoms with Crippen molar-refractivity contribution >= 4 is 5.69 Å². The molecule has 1 aliphatic rings. The summed E-state index contributed by atoms with van der Waals surface area (Å²) in [6, 6.07) is 9.94. The fourth-order valence-corrected chi connectivity index (χ4v) is 1.88. The summed E-state index contributed by atoms with van der Waals surface area (Å²) in [5, 5.41) is 8.71. The lowest BCUT2D eigenvalue weighted by atomic mass is 10.1. The summed E-state index contributed by atoms with van der Waals surface area (Å²) in [6.45, 7) is 4.24. The Bertz CT molecular complexity index is 409. The van der Waals surface area contributed by atoms with Gasteiger partial charge in [0.15, 0.2) is 0 Å². The van der Waals surface area contributed by atoms with E-state index in [2.05, 4.69) is 24.0 Å². The predicted octanol–water partition coefficient (Wildman–Crippen LogP) is 2.71. The van der Waals surface area contributed by atoms with Crippen molar-refractivity contribution in [2.75, 3.05) is 18.0 Å². The molecule has 2 nitrogen and oxygen atoms in total. The molecule has 1 aromatic rings. The fourth-order valence-electron chi connectivity index (χ4n) is 1.88. The molecule has 2 heteroatoms. The van der Waals surface area contributed by atoms with Gasteiger partial charge in [-0.25, -0.2) is 0 Å². The molecule has 0 saturated carbocycles. The van der Waals surface area contributed by atoms with Gasteiger partial charge in [-0.15, -0.1) is 0 Å². The highest BCUT2D eigenvalue weighted by Gasteiger charge is 2.10. The minimum Gasteiger partial charge on any atom is -0.367 e. The molecule has 0 radical (unpaired) electrons. The Kier molecular flexibility index (Phi) is 2.73. The van der Waals surface area contributed by atoms with Gasteiger partial charge in [-0.05, 0) is 37.6 Å². The van der Waals surface area contributed by atoms with Crippen molar-refractivity contribution in [2.24, 2.45) is 0 Å². The molecule has 0 fully saturated rings. The van der Waals surface area contributed by atoms with Crippen LogP contribution in [0.1, 0.15) is 18.9 Å². The predicted molar refractivity (Wildman–Crippen MR) is 61.7 cm³/mol. The highest BCUT2D eigenvalue weighted by molar-refractivity contribution is 5.51. The van der Waals surface area contributed by atoms with Crippen LogP contribution in [-0.2, 0) is 0 Å². The van der Waals surface area contributed by atoms with E-state index in [0.717, 1.165) is 25.1 Å². The van der Waals surface area contributed by atoms with E-state index in [0.29, 0.717) is 0 Å². The molecule has 0 atom stereocenters. The summed E-state index contributed by atoms with van der Waals surface area (Å²) < 4.78 is 0. The molecule has 0 unspecified atom stereocenters. The summed E-state index contributed by atoms with van der Waals surface area (Å²) >= 11 is 0. The van der Waals surface area contributed by atoms with E-state index in [1.165, 1.54) is 11.3 Å². The maximum absolute atomic E-state index is 8.71. The van der Waals surface area contributed by atoms with Crippen molar-refractivity contribution < 1.29 is 0 Å². The lowest BCUT2D eigenvalue weighted by Crippen LogP contribution is -2.28. The number of anilines is 1. The molecular weight excluding hydrogens is 184 g/mol. The van der Waals surface area contributed by atoms with Crippen LogP contribution in [0, 0.1) is 11.3 Å². The molecular formula is C13H14N2. The molecule has 0 amide bonds. The normalized spacial score (nSPS) is 15.7. The van der Waals surface area contributed by atoms with Crippen molar-refractivity contribution in [3.63, 3.8) is 0 Å². The molecule has 15 heavy (non-hydrogen) atoms. The number of hydrogen-bond donors (Lipinski definition) is 0. The summed E-state index contributed by atoms with van der Waals surface area (Å²) in [5.74, 6) is 0. The van der Waals surface area contributed by atoms with Crippen LogP contribution in [0.2, 0.25) is 0 Å². The average molecular weight is 198 g/mol. The second-order valence-corrected chi connectivity index (χ2v) is 3.92. The van der Waals surface area contributed by atoms with Gasteiger partial charge >= 0.3 is 0 Å². The van der Waals surface area contributed by atoms with Gasteiger partial charge in [-0.2, -0.15) is 5.26 Å². The van der Waals surface area contributed by atoms with E-state index in [4.69, 9.17) is 5.26 Å². The first-order chi connectivity index (χ1) is 7.29. The van der Waals surface area contributed by atoms with Gasteiger partial charge in [0.05, 0.1) is 11.6 Å². The third kappa shape index (κ3) is 2.19. The number of hydrogen-bond acceptors (Lipinski definition) is 2. The monoisotopic (exact) mass is 198 g/mol. The Morgan fingerprint density at radius 2 is 2.00 bits per heavy atom. The minimum atomic E-state index is 0.725. The number of benzene rings is 1. The van der Waals surface area contributed by atoms with Gasteiger partial charge in [0, 0.05) is 18.8 Å². The Morgan fingerprint density at radius 1 is 1.27 bits per heavy atom. The Hall–Kier alpha value is -1.75. The molecule has 0 spiro atoms. The van der Waals surface area contributed by atoms with E-state index in [-0.39, 0.29) is 0 Å². The van der Waals surface area contributed by atoms with Crippen molar-refractivity contribution in [1.29, 1.82) is 5.26 Å². The van der Waals surface area contributed by atoms with Gasteiger partial charge in [-0.1, -0.05) is 11.6 Å². The van der Waals surface area contributed by atoms with Crippen LogP contribution in [-0.4, -0.2) is 13.1 Å². The summed E-state index contributed by atoms with van der Waals surface area (Å²) in [6.07, 6.45) is 3.41. The van der Waals surface area contributed by atoms with Gasteiger partial charge in [0.25, 0.3) is 0 Å². The van der Waals surface area contributed by atoms with Crippen LogP contribution in [0.5, 0.6) is 0 Å². The van der Waals surface area contributed by atoms with E-state index in [1.807, 2.05) is 24.3 Å². The Labute approximate surface area is 90.4 Å². The number of rotatable bonds is 1. The molecule has 0 bridgehead atoms. The maximum Gasteiger partial charge on any atom is 0.0991 e. The van der Waals surface area contributed by atoms with Crippen LogP contribution in [0.3, 0.4) is 0 Å². The molecule has 1 heterocycles. The lowest BCUT2D eigenvalue weighted by Gasteiger charge is -2.28. The first kappa shape index (κ1) is 9.79. The van der Waals surface area contributed by atoms with E-state index in [1.54, 1.807) is 0 Å². The van der Waals surface area contributed by atoms with Gasteiger partial charge in [0.1, 0.15) is 0 Å². The van der Waals surface area contributed by atoms with Gasteiger partial charge in [0.2, 0.25) is 0 Å². The zero-order valence-electron chi connectivity index (χ0n) is 8.90. The van der Waals surface area contributed by atoms with Crippen molar-refractivity contribution in [2.45, 2.75) is 13.3 Å². The fraction of sp³-hybridized carbons (Fsp3) is 0.308. The van der Waals surface area contributed by atoms with Crippen LogP contribution in [0.15, 0.2) is 35.9 Å². The molecule has 76 valence electrons. The van der Waals surface area contributed by atoms with Crippen molar-refractivity contribution in [3.8, 4) is 6.07 Å². The molecule has 0 aliphatic carbocycles. The first-order valence-corrected chi connectivity index (χ1v) is 5.20. The molecule has 0 saturated heterocycles. The number of nitriles is 1. The largest absolute Gasteiger partial charge is 0.367 e. The van der Waals surface area contributed by atoms with Gasteiger partial charge < -0.3 is 4.90 Å². The third-order valence-electron chi connectivity index (χ3n) is 2.69. The first-order valence-electron chi connectivity index (χ1n) is 5.20. The van der Waals surface area contributed by atoms with Crippen LogP contribution in [0.25, 0.3) is 0 Å². The van der Waals surface area contributed by atoms with Crippen LogP contribution >= 0.6 is 0 Å². The highest BCUT2D eigenvalue weighted by Crippen LogP contribution is 2.19. The van der Waals surface area contributed by atoms with Crippen LogP contribution in [0.4, 0.5) is 5.69 Å². The minimum absolute atomic E-state index is 0.725. The molecule has 2 rings (SSSR count). The average Bonchev–Trinajstić information content (AvgIpc) is 2.29. The van der Waals surface area contributed by atoms with Crippen LogP contribution < -0.4 is 4.90 Å². The summed E-state index contributed by atoms with van der Waals surface area (Å²) in [4.78, 5) is 2.34. The third-order valence-corrected chi connectivity index (χ3v) is 2.69. The molecule has 0 aromatic heterocycles. The Balaban J connectivity index is 2.17. The van der Waals surface area contributed by atoms with E-state index >= 15 is 0 Å². The zero-order chi connectivity index (χ0) is 10.7. The zero-order valence-corrected chi connectivity index (χ0v) is 8.90. The molecule has 0 N–H and O–H groups in total. The quantitative estimate of drug-likeness (QED) is 0.649. The summed E-state index contributed by atoms with van der Waals surface area (Å²) in [5.41, 5.74) is 3.36. The van der Waals surface area contributed by atoms with Gasteiger partial charge in [-0.3, -0.25) is 0 Å². The Morgan fingerprint density at radius 3 is 2.60 bits per heavy atom. The lowest BCUT2D eigenvalue weighted by molar-refractivity contribution is 0.791. The SMILES string of the molecule is CC1=CCCN(c2ccc(C#N)cc2)C1. The smallest absolute Gasteiger partial charge is 0.0991 e. The van der Waals surface area contributed by atoms with E-state index in [9.17, 15) is 0 Å².